The van der Waals surface area contributed by atoms with Crippen molar-refractivity contribution in [3.63, 3.8) is 0 Å². The number of fused-ring (bicyclic) bond motifs is 1. The van der Waals surface area contributed by atoms with Gasteiger partial charge in [-0.25, -0.2) is 4.98 Å². The lowest BCUT2D eigenvalue weighted by molar-refractivity contribution is -0.115. The molecule has 0 saturated heterocycles. The number of hydrogen-bond acceptors (Lipinski definition) is 5. The van der Waals surface area contributed by atoms with Crippen LogP contribution in [0.4, 0.5) is 5.69 Å². The first-order valence-corrected chi connectivity index (χ1v) is 10.8. The maximum atomic E-state index is 12.8. The molecule has 2 aliphatic rings. The molecular weight excluding hydrogens is 374 g/mol. The molecular formula is C21H27N3O3S. The molecule has 1 saturated carbocycles. The lowest BCUT2D eigenvalue weighted by atomic mass is 9.95. The van der Waals surface area contributed by atoms with Crippen LogP contribution in [0.2, 0.25) is 0 Å². The number of anilines is 1. The fourth-order valence-corrected chi connectivity index (χ4v) is 4.95. The highest BCUT2D eigenvalue weighted by atomic mass is 32.2. The molecule has 1 N–H and O–H groups in total. The maximum absolute atomic E-state index is 12.8. The molecule has 7 heteroatoms. The first-order valence-electron chi connectivity index (χ1n) is 9.95. The smallest absolute Gasteiger partial charge is 0.237 e. The molecule has 4 rings (SSSR count). The lowest BCUT2D eigenvalue weighted by Gasteiger charge is -2.26. The second-order valence-electron chi connectivity index (χ2n) is 7.54. The standard InChI is InChI=1S/C21H27N3O3S/c1-13-14(2)24(17-7-5-4-6-8-17)21(22-13)28-15(3)20(25)23-16-9-10-18-19(11-16)27-12-26-18/h9-11,15,17H,4-8,12H2,1-3H3,(H,23,25)/t15-/m0/s1. The van der Waals surface area contributed by atoms with E-state index in [1.54, 1.807) is 6.07 Å². The van der Waals surface area contributed by atoms with Gasteiger partial charge in [0.15, 0.2) is 16.7 Å². The summed E-state index contributed by atoms with van der Waals surface area (Å²) >= 11 is 1.54. The molecule has 1 aromatic heterocycles. The number of nitrogens with one attached hydrogen (secondary N) is 1. The average molecular weight is 402 g/mol. The Morgan fingerprint density at radius 2 is 1.96 bits per heavy atom. The molecule has 2 heterocycles. The van der Waals surface area contributed by atoms with Crippen molar-refractivity contribution in [2.75, 3.05) is 12.1 Å². The summed E-state index contributed by atoms with van der Waals surface area (Å²) in [7, 11) is 0. The van der Waals surface area contributed by atoms with E-state index in [9.17, 15) is 4.79 Å². The zero-order chi connectivity index (χ0) is 19.7. The molecule has 0 spiro atoms. The maximum Gasteiger partial charge on any atom is 0.237 e. The highest BCUT2D eigenvalue weighted by Gasteiger charge is 2.25. The Kier molecular flexibility index (Phi) is 5.53. The van der Waals surface area contributed by atoms with Crippen molar-refractivity contribution in [1.29, 1.82) is 0 Å². The minimum atomic E-state index is -0.256. The predicted molar refractivity (Wildman–Crippen MR) is 110 cm³/mol. The number of hydrogen-bond donors (Lipinski definition) is 1. The van der Waals surface area contributed by atoms with Crippen LogP contribution < -0.4 is 14.8 Å². The molecule has 0 radical (unpaired) electrons. The van der Waals surface area contributed by atoms with Gasteiger partial charge in [0.1, 0.15) is 0 Å². The molecule has 1 atom stereocenters. The van der Waals surface area contributed by atoms with Crippen LogP contribution >= 0.6 is 11.8 Å². The molecule has 28 heavy (non-hydrogen) atoms. The van der Waals surface area contributed by atoms with Crippen molar-refractivity contribution in [1.82, 2.24) is 9.55 Å². The quantitative estimate of drug-likeness (QED) is 0.725. The van der Waals surface area contributed by atoms with Crippen LogP contribution in [-0.2, 0) is 4.79 Å². The minimum absolute atomic E-state index is 0.0441. The van der Waals surface area contributed by atoms with E-state index in [-0.39, 0.29) is 18.0 Å². The monoisotopic (exact) mass is 401 g/mol. The van der Waals surface area contributed by atoms with Crippen molar-refractivity contribution in [2.45, 2.75) is 69.3 Å². The summed E-state index contributed by atoms with van der Waals surface area (Å²) < 4.78 is 13.1. The fraction of sp³-hybridized carbons (Fsp3) is 0.524. The van der Waals surface area contributed by atoms with E-state index in [0.717, 1.165) is 10.9 Å². The molecule has 150 valence electrons. The summed E-state index contributed by atoms with van der Waals surface area (Å²) in [6.45, 7) is 6.34. The summed E-state index contributed by atoms with van der Waals surface area (Å²) in [5.41, 5.74) is 2.99. The third-order valence-corrected chi connectivity index (χ3v) is 6.65. The van der Waals surface area contributed by atoms with Gasteiger partial charge < -0.3 is 19.4 Å². The Labute approximate surface area is 170 Å². The van der Waals surface area contributed by atoms with E-state index in [1.165, 1.54) is 49.6 Å². The van der Waals surface area contributed by atoms with Crippen molar-refractivity contribution in [3.05, 3.63) is 29.6 Å². The van der Waals surface area contributed by atoms with Crippen LogP contribution in [0.5, 0.6) is 11.5 Å². The summed E-state index contributed by atoms with van der Waals surface area (Å²) in [5, 5.41) is 3.68. The second-order valence-corrected chi connectivity index (χ2v) is 8.85. The molecule has 2 aromatic rings. The number of carbonyl (C=O) groups is 1. The van der Waals surface area contributed by atoms with Crippen molar-refractivity contribution in [3.8, 4) is 11.5 Å². The topological polar surface area (TPSA) is 65.4 Å². The molecule has 6 nitrogen and oxygen atoms in total. The molecule has 1 amide bonds. The number of benzene rings is 1. The van der Waals surface area contributed by atoms with Crippen molar-refractivity contribution >= 4 is 23.4 Å². The lowest BCUT2D eigenvalue weighted by Crippen LogP contribution is -2.23. The molecule has 1 fully saturated rings. The molecule has 1 aliphatic carbocycles. The SMILES string of the molecule is Cc1nc(S[C@@H](C)C(=O)Nc2ccc3c(c2)OCO3)n(C2CCCCC2)c1C. The number of aromatic nitrogens is 2. The van der Waals surface area contributed by atoms with E-state index in [1.807, 2.05) is 19.1 Å². The summed E-state index contributed by atoms with van der Waals surface area (Å²) in [6.07, 6.45) is 6.25. The van der Waals surface area contributed by atoms with Gasteiger partial charge in [0.05, 0.1) is 10.9 Å². The Balaban J connectivity index is 1.46. The van der Waals surface area contributed by atoms with E-state index < -0.39 is 0 Å². The number of thioether (sulfide) groups is 1. The predicted octanol–water partition coefficient (Wildman–Crippen LogP) is 4.85. The Hall–Kier alpha value is -2.15. The number of rotatable bonds is 5. The zero-order valence-electron chi connectivity index (χ0n) is 16.7. The summed E-state index contributed by atoms with van der Waals surface area (Å²) in [6, 6.07) is 5.95. The number of imidazole rings is 1. The van der Waals surface area contributed by atoms with Crippen LogP contribution in [-0.4, -0.2) is 27.5 Å². The Bertz CT molecular complexity index is 874. The minimum Gasteiger partial charge on any atom is -0.454 e. The first kappa shape index (κ1) is 19.2. The molecule has 1 aliphatic heterocycles. The number of amides is 1. The zero-order valence-corrected chi connectivity index (χ0v) is 17.5. The average Bonchev–Trinajstić information content (AvgIpc) is 3.26. The number of ether oxygens (including phenoxy) is 2. The summed E-state index contributed by atoms with van der Waals surface area (Å²) in [4.78, 5) is 17.5. The van der Waals surface area contributed by atoms with Crippen LogP contribution in [0.3, 0.4) is 0 Å². The van der Waals surface area contributed by atoms with E-state index in [2.05, 4.69) is 23.7 Å². The molecule has 0 bridgehead atoms. The van der Waals surface area contributed by atoms with Crippen molar-refractivity contribution in [2.24, 2.45) is 0 Å². The number of nitrogens with zero attached hydrogens (tertiary/aromatic N) is 2. The third-order valence-electron chi connectivity index (χ3n) is 5.59. The second kappa shape index (κ2) is 8.07. The highest BCUT2D eigenvalue weighted by Crippen LogP contribution is 2.36. The van der Waals surface area contributed by atoms with Gasteiger partial charge in [-0.3, -0.25) is 4.79 Å². The first-order chi connectivity index (χ1) is 13.5. The van der Waals surface area contributed by atoms with E-state index >= 15 is 0 Å². The van der Waals surface area contributed by atoms with Crippen LogP contribution in [0.25, 0.3) is 0 Å². The Morgan fingerprint density at radius 3 is 2.75 bits per heavy atom. The molecule has 1 aromatic carbocycles. The van der Waals surface area contributed by atoms with Crippen molar-refractivity contribution < 1.29 is 14.3 Å². The summed E-state index contributed by atoms with van der Waals surface area (Å²) in [5.74, 6) is 1.33. The van der Waals surface area contributed by atoms with Gasteiger partial charge in [0.25, 0.3) is 0 Å². The van der Waals surface area contributed by atoms with Gasteiger partial charge in [0, 0.05) is 23.5 Å². The number of carbonyl (C=O) groups excluding carboxylic acids is 1. The highest BCUT2D eigenvalue weighted by molar-refractivity contribution is 8.00. The fourth-order valence-electron chi connectivity index (χ4n) is 3.88. The molecule has 0 unspecified atom stereocenters. The van der Waals surface area contributed by atoms with Crippen LogP contribution in [0, 0.1) is 13.8 Å². The van der Waals surface area contributed by atoms with Gasteiger partial charge in [-0.15, -0.1) is 0 Å². The van der Waals surface area contributed by atoms with Crippen LogP contribution in [0.15, 0.2) is 23.4 Å². The third kappa shape index (κ3) is 3.85. The van der Waals surface area contributed by atoms with Gasteiger partial charge >= 0.3 is 0 Å². The van der Waals surface area contributed by atoms with E-state index in [4.69, 9.17) is 14.5 Å². The van der Waals surface area contributed by atoms with Gasteiger partial charge in [-0.2, -0.15) is 0 Å². The van der Waals surface area contributed by atoms with Gasteiger partial charge in [0.2, 0.25) is 12.7 Å². The number of aryl methyl sites for hydroxylation is 1. The van der Waals surface area contributed by atoms with Gasteiger partial charge in [-0.05, 0) is 45.7 Å². The normalized spacial score (nSPS) is 17.5. The Morgan fingerprint density at radius 1 is 1.21 bits per heavy atom. The van der Waals surface area contributed by atoms with E-state index in [0.29, 0.717) is 23.2 Å². The van der Waals surface area contributed by atoms with Gasteiger partial charge in [-0.1, -0.05) is 31.0 Å². The van der Waals surface area contributed by atoms with Crippen LogP contribution in [0.1, 0.15) is 56.5 Å². The largest absolute Gasteiger partial charge is 0.454 e.